The molecule has 29 heavy (non-hydrogen) atoms. The Hall–Kier alpha value is -1.70. The molecule has 1 aliphatic heterocycles. The molecule has 2 fully saturated rings. The fourth-order valence-electron chi connectivity index (χ4n) is 4.84. The van der Waals surface area contributed by atoms with Gasteiger partial charge in [-0.1, -0.05) is 36.2 Å². The summed E-state index contributed by atoms with van der Waals surface area (Å²) in [7, 11) is -4.21. The molecule has 1 aliphatic carbocycles. The number of benzene rings is 1. The molecule has 1 aromatic carbocycles. The maximum Gasteiger partial charge on any atom is 0.294 e. The second kappa shape index (κ2) is 7.85. The molecule has 156 valence electrons. The number of hydrogen-bond donors (Lipinski definition) is 1. The van der Waals surface area contributed by atoms with Crippen molar-refractivity contribution in [2.24, 2.45) is 17.8 Å². The lowest BCUT2D eigenvalue weighted by Crippen LogP contribution is -2.35. The van der Waals surface area contributed by atoms with Gasteiger partial charge in [-0.2, -0.15) is 8.42 Å². The van der Waals surface area contributed by atoms with Crippen molar-refractivity contribution in [3.05, 3.63) is 46.7 Å². The zero-order chi connectivity index (χ0) is 20.8. The zero-order valence-electron chi connectivity index (χ0n) is 16.6. The van der Waals surface area contributed by atoms with Gasteiger partial charge in [0.15, 0.2) is 0 Å². The molecule has 0 spiro atoms. The molecular weight excluding hydrogens is 410 g/mol. The van der Waals surface area contributed by atoms with E-state index in [1.807, 2.05) is 13.0 Å². The summed E-state index contributed by atoms with van der Waals surface area (Å²) in [5.74, 6) is 2.53. The molecule has 0 radical (unpaired) electrons. The number of halogens is 1. The minimum Gasteiger partial charge on any atom is -0.341 e. The van der Waals surface area contributed by atoms with E-state index in [9.17, 15) is 13.0 Å². The maximum atomic E-state index is 11.8. The minimum atomic E-state index is -4.21. The number of rotatable bonds is 5. The summed E-state index contributed by atoms with van der Waals surface area (Å²) >= 11 is 5.87. The highest BCUT2D eigenvalue weighted by Gasteiger charge is 2.47. The third-order valence-electron chi connectivity index (χ3n) is 6.50. The summed E-state index contributed by atoms with van der Waals surface area (Å²) in [6, 6.07) is 5.17. The summed E-state index contributed by atoms with van der Waals surface area (Å²) in [6.07, 6.45) is 6.53. The monoisotopic (exact) mass is 435 g/mol. The second-order valence-electron chi connectivity index (χ2n) is 8.39. The molecule has 1 unspecified atom stereocenters. The van der Waals surface area contributed by atoms with E-state index in [1.54, 1.807) is 18.5 Å². The van der Waals surface area contributed by atoms with Crippen molar-refractivity contribution in [2.45, 2.75) is 43.9 Å². The number of hydrogen-bond acceptors (Lipinski definition) is 5. The standard InChI is InChI=1S/C21H26ClN3O3S/c1-13-3-4-20(29(26,27)28)18(9-13)14(2)17-10-19(17)15-5-7-25(8-6-15)21-23-11-16(22)12-24-21/h3-4,9,11-12,14-15,17,19H,5-8,10H2,1-2H3,(H,26,27,28)/t14?,17-,19+/m0/s1. The van der Waals surface area contributed by atoms with Gasteiger partial charge in [0.25, 0.3) is 10.1 Å². The summed E-state index contributed by atoms with van der Waals surface area (Å²) in [6.45, 7) is 5.88. The van der Waals surface area contributed by atoms with Gasteiger partial charge in [-0.05, 0) is 61.5 Å². The second-order valence-corrected chi connectivity index (χ2v) is 10.2. The first-order chi connectivity index (χ1) is 13.7. The number of aryl methyl sites for hydroxylation is 1. The molecule has 1 saturated carbocycles. The quantitative estimate of drug-likeness (QED) is 0.703. The smallest absolute Gasteiger partial charge is 0.294 e. The average Bonchev–Trinajstić information content (AvgIpc) is 3.48. The molecule has 2 aromatic rings. The molecule has 0 amide bonds. The predicted molar refractivity (Wildman–Crippen MR) is 113 cm³/mol. The van der Waals surface area contributed by atoms with Crippen molar-refractivity contribution in [3.8, 4) is 0 Å². The minimum absolute atomic E-state index is 0.0518. The van der Waals surface area contributed by atoms with Gasteiger partial charge in [0.2, 0.25) is 5.95 Å². The Morgan fingerprint density at radius 3 is 2.48 bits per heavy atom. The molecule has 4 rings (SSSR count). The SMILES string of the molecule is Cc1ccc(S(=O)(=O)O)c(C(C)[C@@H]2C[C@@H]2C2CCN(c3ncc(Cl)cn3)CC2)c1. The normalized spacial score (nSPS) is 23.8. The number of nitrogens with zero attached hydrogens (tertiary/aromatic N) is 3. The summed E-state index contributed by atoms with van der Waals surface area (Å²) in [5, 5.41) is 0.541. The number of piperidine rings is 1. The Morgan fingerprint density at radius 1 is 1.21 bits per heavy atom. The Bertz CT molecular complexity index is 989. The van der Waals surface area contributed by atoms with E-state index in [4.69, 9.17) is 11.6 Å². The highest BCUT2D eigenvalue weighted by atomic mass is 35.5. The van der Waals surface area contributed by atoms with Gasteiger partial charge < -0.3 is 4.90 Å². The summed E-state index contributed by atoms with van der Waals surface area (Å²) in [4.78, 5) is 10.9. The van der Waals surface area contributed by atoms with Crippen LogP contribution in [0.5, 0.6) is 0 Å². The van der Waals surface area contributed by atoms with Crippen LogP contribution in [0.3, 0.4) is 0 Å². The molecule has 1 N–H and O–H groups in total. The van der Waals surface area contributed by atoms with Crippen molar-refractivity contribution >= 4 is 27.7 Å². The van der Waals surface area contributed by atoms with Crippen molar-refractivity contribution in [2.75, 3.05) is 18.0 Å². The third-order valence-corrected chi connectivity index (χ3v) is 7.62. The van der Waals surface area contributed by atoms with Gasteiger partial charge in [0, 0.05) is 13.1 Å². The molecule has 2 aliphatic rings. The van der Waals surface area contributed by atoms with E-state index in [-0.39, 0.29) is 10.8 Å². The van der Waals surface area contributed by atoms with Gasteiger partial charge in [-0.15, -0.1) is 0 Å². The fourth-order valence-corrected chi connectivity index (χ4v) is 5.72. The van der Waals surface area contributed by atoms with Gasteiger partial charge >= 0.3 is 0 Å². The molecule has 0 bridgehead atoms. The zero-order valence-corrected chi connectivity index (χ0v) is 18.2. The summed E-state index contributed by atoms with van der Waals surface area (Å²) in [5.41, 5.74) is 1.75. The molecule has 6 nitrogen and oxygen atoms in total. The molecule has 3 atom stereocenters. The average molecular weight is 436 g/mol. The van der Waals surface area contributed by atoms with Crippen LogP contribution in [0.1, 0.15) is 43.2 Å². The predicted octanol–water partition coefficient (Wildman–Crippen LogP) is 4.34. The van der Waals surface area contributed by atoms with Crippen LogP contribution in [0.25, 0.3) is 0 Å². The highest BCUT2D eigenvalue weighted by Crippen LogP contribution is 2.55. The Morgan fingerprint density at radius 2 is 1.86 bits per heavy atom. The van der Waals surface area contributed by atoms with E-state index >= 15 is 0 Å². The van der Waals surface area contributed by atoms with Crippen molar-refractivity contribution in [1.82, 2.24) is 9.97 Å². The van der Waals surface area contributed by atoms with Crippen molar-refractivity contribution < 1.29 is 13.0 Å². The van der Waals surface area contributed by atoms with Crippen LogP contribution in [-0.4, -0.2) is 36.0 Å². The van der Waals surface area contributed by atoms with Crippen LogP contribution >= 0.6 is 11.6 Å². The number of aromatic nitrogens is 2. The highest BCUT2D eigenvalue weighted by molar-refractivity contribution is 7.85. The fraction of sp³-hybridized carbons (Fsp3) is 0.524. The Balaban J connectivity index is 1.41. The largest absolute Gasteiger partial charge is 0.341 e. The third kappa shape index (κ3) is 4.42. The van der Waals surface area contributed by atoms with E-state index in [0.717, 1.165) is 49.4 Å². The Labute approximate surface area is 177 Å². The van der Waals surface area contributed by atoms with Crippen LogP contribution < -0.4 is 4.90 Å². The lowest BCUT2D eigenvalue weighted by atomic mass is 9.86. The van der Waals surface area contributed by atoms with Crippen LogP contribution in [-0.2, 0) is 10.1 Å². The van der Waals surface area contributed by atoms with Gasteiger partial charge in [0.05, 0.1) is 22.3 Å². The molecule has 1 saturated heterocycles. The van der Waals surface area contributed by atoms with E-state index in [0.29, 0.717) is 22.8 Å². The molecule has 8 heteroatoms. The molecular formula is C21H26ClN3O3S. The first kappa shape index (κ1) is 20.6. The lowest BCUT2D eigenvalue weighted by molar-refractivity contribution is 0.337. The van der Waals surface area contributed by atoms with E-state index < -0.39 is 10.1 Å². The molecule has 2 heterocycles. The van der Waals surface area contributed by atoms with Crippen LogP contribution in [0, 0.1) is 24.7 Å². The number of anilines is 1. The van der Waals surface area contributed by atoms with Crippen molar-refractivity contribution in [1.29, 1.82) is 0 Å². The summed E-state index contributed by atoms with van der Waals surface area (Å²) < 4.78 is 33.3. The Kier molecular flexibility index (Phi) is 5.57. The van der Waals surface area contributed by atoms with E-state index in [1.165, 1.54) is 6.07 Å². The molecule has 1 aromatic heterocycles. The van der Waals surface area contributed by atoms with Gasteiger partial charge in [0.1, 0.15) is 0 Å². The first-order valence-electron chi connectivity index (χ1n) is 10.0. The topological polar surface area (TPSA) is 83.4 Å². The van der Waals surface area contributed by atoms with Crippen molar-refractivity contribution in [3.63, 3.8) is 0 Å². The maximum absolute atomic E-state index is 11.8. The van der Waals surface area contributed by atoms with Crippen LogP contribution in [0.15, 0.2) is 35.5 Å². The van der Waals surface area contributed by atoms with Crippen LogP contribution in [0.4, 0.5) is 5.95 Å². The van der Waals surface area contributed by atoms with Gasteiger partial charge in [-0.3, -0.25) is 4.55 Å². The van der Waals surface area contributed by atoms with Gasteiger partial charge in [-0.25, -0.2) is 9.97 Å². The first-order valence-corrected chi connectivity index (χ1v) is 11.9. The van der Waals surface area contributed by atoms with Crippen LogP contribution in [0.2, 0.25) is 5.02 Å². The lowest BCUT2D eigenvalue weighted by Gasteiger charge is -2.32. The van der Waals surface area contributed by atoms with E-state index in [2.05, 4.69) is 21.8 Å².